The SMILES string of the molecule is CCN(CC)C1CCN(Cc2cc(C(C)(C)C)cc(NC(=O)c3cc4cccc(CN5CCN(C(=O)[C@@H]6CCCN6C)CC5)c4n3C)c2OC)C1. The maximum absolute atomic E-state index is 14.2. The first-order chi connectivity index (χ1) is 24.4. The van der Waals surface area contributed by atoms with Gasteiger partial charge in [-0.3, -0.25) is 29.2 Å². The Morgan fingerprint density at radius 3 is 2.27 bits per heavy atom. The third-order valence-corrected chi connectivity index (χ3v) is 11.7. The van der Waals surface area contributed by atoms with Gasteiger partial charge in [-0.05, 0) is 74.6 Å². The molecule has 2 amide bonds. The number of hydrogen-bond donors (Lipinski definition) is 1. The Balaban J connectivity index is 1.19. The lowest BCUT2D eigenvalue weighted by atomic mass is 9.85. The Bertz CT molecular complexity index is 1700. The molecule has 6 rings (SSSR count). The van der Waals surface area contributed by atoms with E-state index in [-0.39, 0.29) is 23.3 Å². The number of para-hydroxylation sites is 1. The number of nitrogens with one attached hydrogen (secondary N) is 1. The van der Waals surface area contributed by atoms with Crippen LogP contribution in [-0.2, 0) is 30.3 Å². The summed E-state index contributed by atoms with van der Waals surface area (Å²) in [6, 6.07) is 13.3. The number of aromatic nitrogens is 1. The minimum atomic E-state index is -0.151. The van der Waals surface area contributed by atoms with Crippen LogP contribution in [0.15, 0.2) is 36.4 Å². The van der Waals surface area contributed by atoms with Crippen LogP contribution in [0.1, 0.15) is 81.1 Å². The van der Waals surface area contributed by atoms with Gasteiger partial charge in [0.05, 0.1) is 24.4 Å². The van der Waals surface area contributed by atoms with Crippen molar-refractivity contribution in [1.82, 2.24) is 29.1 Å². The number of rotatable bonds is 11. The molecular formula is C41H61N7O3. The second-order valence-electron chi connectivity index (χ2n) is 16.0. The van der Waals surface area contributed by atoms with Crippen molar-refractivity contribution in [3.05, 3.63) is 58.8 Å². The van der Waals surface area contributed by atoms with Crippen LogP contribution in [-0.4, -0.2) is 126 Å². The van der Waals surface area contributed by atoms with Crippen LogP contribution in [0.25, 0.3) is 10.9 Å². The van der Waals surface area contributed by atoms with Crippen LogP contribution in [0.4, 0.5) is 5.69 Å². The van der Waals surface area contributed by atoms with Crippen molar-refractivity contribution in [2.24, 2.45) is 7.05 Å². The fraction of sp³-hybridized carbons (Fsp3) is 0.610. The van der Waals surface area contributed by atoms with Gasteiger partial charge in [0, 0.05) is 76.4 Å². The molecule has 0 aliphatic carbocycles. The highest BCUT2D eigenvalue weighted by molar-refractivity contribution is 6.07. The molecule has 51 heavy (non-hydrogen) atoms. The first-order valence-electron chi connectivity index (χ1n) is 19.2. The molecule has 4 heterocycles. The van der Waals surface area contributed by atoms with E-state index in [1.54, 1.807) is 7.11 Å². The number of anilines is 1. The Labute approximate surface area is 305 Å². The lowest BCUT2D eigenvalue weighted by molar-refractivity contribution is -0.137. The summed E-state index contributed by atoms with van der Waals surface area (Å²) >= 11 is 0. The molecule has 2 atom stereocenters. The summed E-state index contributed by atoms with van der Waals surface area (Å²) in [5.74, 6) is 0.868. The number of nitrogens with zero attached hydrogens (tertiary/aromatic N) is 6. The standard InChI is InChI=1S/C41H61N7O3/c1-9-47(10-2)33-16-18-46(28-33)27-31-23-32(41(3,4)5)25-34(38(31)51-8)42-39(49)36-24-29-13-11-14-30(37(29)44(36)7)26-45-19-21-48(22-20-45)40(50)35-15-12-17-43(35)6/h11,13-14,23-25,33,35H,9-10,12,15-22,26-28H2,1-8H3,(H,42,49)/t33?,35-/m0/s1. The molecule has 0 spiro atoms. The second-order valence-corrected chi connectivity index (χ2v) is 16.0. The quantitative estimate of drug-likeness (QED) is 0.288. The molecule has 3 aliphatic heterocycles. The molecule has 2 aromatic carbocycles. The van der Waals surface area contributed by atoms with E-state index in [0.717, 1.165) is 107 Å². The number of piperazine rings is 1. The average molecular weight is 700 g/mol. The van der Waals surface area contributed by atoms with E-state index in [0.29, 0.717) is 17.4 Å². The van der Waals surface area contributed by atoms with E-state index < -0.39 is 0 Å². The maximum atomic E-state index is 14.2. The highest BCUT2D eigenvalue weighted by Gasteiger charge is 2.33. The smallest absolute Gasteiger partial charge is 0.272 e. The lowest BCUT2D eigenvalue weighted by Gasteiger charge is -2.37. The maximum Gasteiger partial charge on any atom is 0.272 e. The topological polar surface area (TPSA) is 76.5 Å². The highest BCUT2D eigenvalue weighted by atomic mass is 16.5. The van der Waals surface area contributed by atoms with E-state index in [9.17, 15) is 9.59 Å². The van der Waals surface area contributed by atoms with Crippen LogP contribution in [0, 0.1) is 0 Å². The van der Waals surface area contributed by atoms with Crippen LogP contribution in [0.2, 0.25) is 0 Å². The van der Waals surface area contributed by atoms with Gasteiger partial charge in [-0.1, -0.05) is 58.9 Å². The van der Waals surface area contributed by atoms with Crippen LogP contribution in [0.5, 0.6) is 5.75 Å². The predicted molar refractivity (Wildman–Crippen MR) is 207 cm³/mol. The molecule has 3 aromatic rings. The molecule has 10 heteroatoms. The van der Waals surface area contributed by atoms with Gasteiger partial charge in [-0.25, -0.2) is 0 Å². The van der Waals surface area contributed by atoms with Crippen molar-refractivity contribution in [2.45, 2.75) is 84.5 Å². The fourth-order valence-electron chi connectivity index (χ4n) is 8.64. The number of methoxy groups -OCH3 is 1. The number of aryl methyl sites for hydroxylation is 1. The highest BCUT2D eigenvalue weighted by Crippen LogP contribution is 2.37. The fourth-order valence-corrected chi connectivity index (χ4v) is 8.64. The third-order valence-electron chi connectivity index (χ3n) is 11.7. The number of likely N-dealkylation sites (N-methyl/N-ethyl adjacent to an activating group) is 2. The van der Waals surface area contributed by atoms with Gasteiger partial charge in [0.1, 0.15) is 11.4 Å². The molecule has 0 radical (unpaired) electrons. The lowest BCUT2D eigenvalue weighted by Crippen LogP contribution is -2.52. The number of likely N-dealkylation sites (tertiary alicyclic amines) is 2. The second kappa shape index (κ2) is 15.7. The summed E-state index contributed by atoms with van der Waals surface area (Å²) in [7, 11) is 5.76. The molecule has 3 saturated heterocycles. The van der Waals surface area contributed by atoms with E-state index in [2.05, 4.69) is 102 Å². The molecule has 10 nitrogen and oxygen atoms in total. The Kier molecular flexibility index (Phi) is 11.5. The van der Waals surface area contributed by atoms with Crippen molar-refractivity contribution in [3.8, 4) is 5.75 Å². The van der Waals surface area contributed by atoms with Crippen LogP contribution >= 0.6 is 0 Å². The van der Waals surface area contributed by atoms with Gasteiger partial charge in [0.25, 0.3) is 5.91 Å². The van der Waals surface area contributed by atoms with Gasteiger partial charge in [-0.2, -0.15) is 0 Å². The van der Waals surface area contributed by atoms with E-state index in [1.807, 2.05) is 17.7 Å². The number of ether oxygens (including phenoxy) is 1. The number of carbonyl (C=O) groups is 2. The molecular weight excluding hydrogens is 638 g/mol. The van der Waals surface area contributed by atoms with E-state index in [1.165, 1.54) is 17.5 Å². The zero-order valence-electron chi connectivity index (χ0n) is 32.4. The van der Waals surface area contributed by atoms with Crippen molar-refractivity contribution in [2.75, 3.05) is 78.4 Å². The van der Waals surface area contributed by atoms with Crippen molar-refractivity contribution < 1.29 is 14.3 Å². The minimum Gasteiger partial charge on any atom is -0.494 e. The zero-order valence-corrected chi connectivity index (χ0v) is 32.4. The Hall–Kier alpha value is -3.44. The predicted octanol–water partition coefficient (Wildman–Crippen LogP) is 5.39. The first-order valence-corrected chi connectivity index (χ1v) is 19.2. The normalized spacial score (nSPS) is 20.9. The molecule has 3 fully saturated rings. The first kappa shape index (κ1) is 37.3. The summed E-state index contributed by atoms with van der Waals surface area (Å²) in [5, 5.41) is 4.33. The molecule has 0 bridgehead atoms. The summed E-state index contributed by atoms with van der Waals surface area (Å²) in [6.07, 6.45) is 3.23. The summed E-state index contributed by atoms with van der Waals surface area (Å²) in [6.45, 7) is 21.1. The molecule has 1 N–H and O–H groups in total. The number of fused-ring (bicyclic) bond motifs is 1. The Morgan fingerprint density at radius 1 is 0.902 bits per heavy atom. The Morgan fingerprint density at radius 2 is 1.63 bits per heavy atom. The van der Waals surface area contributed by atoms with Crippen LogP contribution in [0.3, 0.4) is 0 Å². The largest absolute Gasteiger partial charge is 0.494 e. The molecule has 278 valence electrons. The van der Waals surface area contributed by atoms with Crippen molar-refractivity contribution >= 4 is 28.4 Å². The average Bonchev–Trinajstić information content (AvgIpc) is 3.84. The third kappa shape index (κ3) is 7.99. The van der Waals surface area contributed by atoms with Crippen LogP contribution < -0.4 is 10.1 Å². The number of benzene rings is 2. The monoisotopic (exact) mass is 699 g/mol. The van der Waals surface area contributed by atoms with Gasteiger partial charge in [0.2, 0.25) is 5.91 Å². The molecule has 1 unspecified atom stereocenters. The zero-order chi connectivity index (χ0) is 36.4. The van der Waals surface area contributed by atoms with Crippen molar-refractivity contribution in [3.63, 3.8) is 0 Å². The number of hydrogen-bond acceptors (Lipinski definition) is 7. The number of amides is 2. The molecule has 1 aromatic heterocycles. The molecule has 3 aliphatic rings. The van der Waals surface area contributed by atoms with Gasteiger partial charge in [-0.15, -0.1) is 0 Å². The molecule has 0 saturated carbocycles. The van der Waals surface area contributed by atoms with Gasteiger partial charge in [0.15, 0.2) is 0 Å². The summed E-state index contributed by atoms with van der Waals surface area (Å²) in [5.41, 5.74) is 5.76. The van der Waals surface area contributed by atoms with Gasteiger partial charge >= 0.3 is 0 Å². The van der Waals surface area contributed by atoms with E-state index >= 15 is 0 Å². The minimum absolute atomic E-state index is 0.0381. The van der Waals surface area contributed by atoms with Gasteiger partial charge < -0.3 is 19.5 Å². The summed E-state index contributed by atoms with van der Waals surface area (Å²) in [4.78, 5) is 39.1. The van der Waals surface area contributed by atoms with E-state index in [4.69, 9.17) is 4.74 Å². The van der Waals surface area contributed by atoms with Crippen molar-refractivity contribution in [1.29, 1.82) is 0 Å². The number of carbonyl (C=O) groups excluding carboxylic acids is 2. The summed E-state index contributed by atoms with van der Waals surface area (Å²) < 4.78 is 8.10.